The van der Waals surface area contributed by atoms with E-state index in [4.69, 9.17) is 9.47 Å². The van der Waals surface area contributed by atoms with E-state index in [1.165, 1.54) is 12.1 Å². The molecule has 144 valence electrons. The number of aliphatic hydroxyl groups excluding tert-OH is 2. The van der Waals surface area contributed by atoms with E-state index in [1.807, 2.05) is 11.0 Å². The van der Waals surface area contributed by atoms with Crippen molar-refractivity contribution >= 4 is 11.7 Å². The number of ether oxygens (including phenoxy) is 2. The van der Waals surface area contributed by atoms with Crippen LogP contribution in [0.3, 0.4) is 0 Å². The van der Waals surface area contributed by atoms with Gasteiger partial charge in [-0.15, -0.1) is 0 Å². The second-order valence-electron chi connectivity index (χ2n) is 6.29. The van der Waals surface area contributed by atoms with Crippen LogP contribution in [-0.4, -0.2) is 48.6 Å². The van der Waals surface area contributed by atoms with Gasteiger partial charge in [0.1, 0.15) is 18.5 Å². The Labute approximate surface area is 156 Å². The maximum atomic E-state index is 14.4. The first-order valence-corrected chi connectivity index (χ1v) is 8.75. The van der Waals surface area contributed by atoms with Crippen LogP contribution in [0.4, 0.5) is 10.1 Å². The zero-order valence-corrected chi connectivity index (χ0v) is 14.8. The van der Waals surface area contributed by atoms with Gasteiger partial charge < -0.3 is 24.6 Å². The third-order valence-electron chi connectivity index (χ3n) is 4.43. The SMILES string of the molecule is O=C(OCc1ccccc1)[C@H](O)[C@@H](O)c1ccc(N2CCOCC2)c(F)c1. The monoisotopic (exact) mass is 375 g/mol. The molecule has 0 spiro atoms. The van der Waals surface area contributed by atoms with Crippen molar-refractivity contribution < 1.29 is 28.9 Å². The lowest BCUT2D eigenvalue weighted by Crippen LogP contribution is -2.36. The summed E-state index contributed by atoms with van der Waals surface area (Å²) < 4.78 is 24.7. The summed E-state index contributed by atoms with van der Waals surface area (Å²) in [6, 6.07) is 13.1. The molecular formula is C20H22FNO5. The molecule has 1 fully saturated rings. The number of hydrogen-bond acceptors (Lipinski definition) is 6. The molecule has 0 radical (unpaired) electrons. The molecule has 2 atom stereocenters. The van der Waals surface area contributed by atoms with Crippen LogP contribution < -0.4 is 4.90 Å². The van der Waals surface area contributed by atoms with E-state index in [0.717, 1.165) is 11.6 Å². The molecule has 2 N–H and O–H groups in total. The van der Waals surface area contributed by atoms with Gasteiger partial charge in [-0.25, -0.2) is 9.18 Å². The molecule has 27 heavy (non-hydrogen) atoms. The fourth-order valence-electron chi connectivity index (χ4n) is 2.89. The zero-order chi connectivity index (χ0) is 19.2. The molecule has 2 aromatic rings. The molecule has 1 heterocycles. The third kappa shape index (κ3) is 4.82. The van der Waals surface area contributed by atoms with Gasteiger partial charge in [-0.1, -0.05) is 36.4 Å². The first-order valence-electron chi connectivity index (χ1n) is 8.75. The molecule has 0 aromatic heterocycles. The smallest absolute Gasteiger partial charge is 0.338 e. The Kier molecular flexibility index (Phi) is 6.39. The minimum atomic E-state index is -1.80. The summed E-state index contributed by atoms with van der Waals surface area (Å²) in [6.07, 6.45) is -3.39. The molecule has 6 nitrogen and oxygen atoms in total. The van der Waals surface area contributed by atoms with E-state index in [1.54, 1.807) is 24.3 Å². The number of hydrogen-bond donors (Lipinski definition) is 2. The minimum Gasteiger partial charge on any atom is -0.459 e. The van der Waals surface area contributed by atoms with Crippen molar-refractivity contribution in [3.8, 4) is 0 Å². The Morgan fingerprint density at radius 1 is 1.15 bits per heavy atom. The summed E-state index contributed by atoms with van der Waals surface area (Å²) in [5.41, 5.74) is 1.26. The van der Waals surface area contributed by atoms with Crippen molar-refractivity contribution in [2.24, 2.45) is 0 Å². The van der Waals surface area contributed by atoms with Crippen molar-refractivity contribution in [3.05, 3.63) is 65.5 Å². The number of aliphatic hydroxyl groups is 2. The number of carbonyl (C=O) groups excluding carboxylic acids is 1. The molecule has 2 aromatic carbocycles. The van der Waals surface area contributed by atoms with E-state index < -0.39 is 24.0 Å². The highest BCUT2D eigenvalue weighted by atomic mass is 19.1. The van der Waals surface area contributed by atoms with Crippen LogP contribution in [0.5, 0.6) is 0 Å². The standard InChI is InChI=1S/C20H22FNO5/c21-16-12-15(6-7-17(16)22-8-10-26-11-9-22)18(23)19(24)20(25)27-13-14-4-2-1-3-5-14/h1-7,12,18-19,23-24H,8-11,13H2/t18-,19+/m0/s1. The number of morpholine rings is 1. The summed E-state index contributed by atoms with van der Waals surface area (Å²) in [4.78, 5) is 13.8. The highest BCUT2D eigenvalue weighted by Gasteiger charge is 2.28. The molecule has 1 saturated heterocycles. The van der Waals surface area contributed by atoms with Crippen molar-refractivity contribution in [1.29, 1.82) is 0 Å². The molecule has 0 amide bonds. The van der Waals surface area contributed by atoms with Gasteiger partial charge in [-0.3, -0.25) is 0 Å². The molecule has 0 saturated carbocycles. The Hall–Kier alpha value is -2.48. The Morgan fingerprint density at radius 2 is 1.85 bits per heavy atom. The largest absolute Gasteiger partial charge is 0.459 e. The number of halogens is 1. The van der Waals surface area contributed by atoms with Crippen molar-refractivity contribution in [3.63, 3.8) is 0 Å². The molecule has 0 bridgehead atoms. The minimum absolute atomic E-state index is 0.0201. The number of benzene rings is 2. The summed E-state index contributed by atoms with van der Waals surface area (Å²) >= 11 is 0. The third-order valence-corrected chi connectivity index (χ3v) is 4.43. The number of carbonyl (C=O) groups is 1. The summed E-state index contributed by atoms with van der Waals surface area (Å²) in [5, 5.41) is 20.3. The van der Waals surface area contributed by atoms with E-state index in [-0.39, 0.29) is 12.2 Å². The highest BCUT2D eigenvalue weighted by Crippen LogP contribution is 2.26. The van der Waals surface area contributed by atoms with Crippen LogP contribution in [0.25, 0.3) is 0 Å². The number of anilines is 1. The van der Waals surface area contributed by atoms with Crippen molar-refractivity contribution in [2.75, 3.05) is 31.2 Å². The lowest BCUT2D eigenvalue weighted by molar-refractivity contribution is -0.161. The molecule has 0 aliphatic carbocycles. The molecule has 3 rings (SSSR count). The predicted octanol–water partition coefficient (Wildman–Crippen LogP) is 1.80. The lowest BCUT2D eigenvalue weighted by Gasteiger charge is -2.29. The molecule has 1 aliphatic heterocycles. The average molecular weight is 375 g/mol. The van der Waals surface area contributed by atoms with E-state index in [0.29, 0.717) is 32.0 Å². The predicted molar refractivity (Wildman–Crippen MR) is 96.6 cm³/mol. The van der Waals surface area contributed by atoms with Gasteiger partial charge in [0, 0.05) is 13.1 Å². The molecule has 7 heteroatoms. The first kappa shape index (κ1) is 19.3. The molecule has 1 aliphatic rings. The molecular weight excluding hydrogens is 353 g/mol. The van der Waals surface area contributed by atoms with Gasteiger partial charge in [0.2, 0.25) is 0 Å². The number of nitrogens with zero attached hydrogens (tertiary/aromatic N) is 1. The van der Waals surface area contributed by atoms with Crippen LogP contribution >= 0.6 is 0 Å². The van der Waals surface area contributed by atoms with E-state index >= 15 is 0 Å². The average Bonchev–Trinajstić information content (AvgIpc) is 2.72. The van der Waals surface area contributed by atoms with Gasteiger partial charge >= 0.3 is 5.97 Å². The van der Waals surface area contributed by atoms with Gasteiger partial charge in [-0.05, 0) is 23.3 Å². The van der Waals surface area contributed by atoms with Crippen LogP contribution in [-0.2, 0) is 20.9 Å². The van der Waals surface area contributed by atoms with Crippen molar-refractivity contribution in [2.45, 2.75) is 18.8 Å². The van der Waals surface area contributed by atoms with Gasteiger partial charge in [0.25, 0.3) is 0 Å². The highest BCUT2D eigenvalue weighted by molar-refractivity contribution is 5.75. The maximum Gasteiger partial charge on any atom is 0.338 e. The fraction of sp³-hybridized carbons (Fsp3) is 0.350. The Bertz CT molecular complexity index is 764. The maximum absolute atomic E-state index is 14.4. The van der Waals surface area contributed by atoms with Crippen LogP contribution in [0.1, 0.15) is 17.2 Å². The van der Waals surface area contributed by atoms with E-state index in [2.05, 4.69) is 0 Å². The van der Waals surface area contributed by atoms with Crippen LogP contribution in [0.2, 0.25) is 0 Å². The van der Waals surface area contributed by atoms with Crippen LogP contribution in [0, 0.1) is 5.82 Å². The fourth-order valence-corrected chi connectivity index (χ4v) is 2.89. The lowest BCUT2D eigenvalue weighted by atomic mass is 10.0. The van der Waals surface area contributed by atoms with Crippen LogP contribution in [0.15, 0.2) is 48.5 Å². The van der Waals surface area contributed by atoms with Gasteiger partial charge in [-0.2, -0.15) is 0 Å². The molecule has 0 unspecified atom stereocenters. The topological polar surface area (TPSA) is 79.2 Å². The quantitative estimate of drug-likeness (QED) is 0.750. The van der Waals surface area contributed by atoms with Crippen molar-refractivity contribution in [1.82, 2.24) is 0 Å². The van der Waals surface area contributed by atoms with Gasteiger partial charge in [0.05, 0.1) is 18.9 Å². The Balaban J connectivity index is 1.62. The number of esters is 1. The van der Waals surface area contributed by atoms with Gasteiger partial charge in [0.15, 0.2) is 6.10 Å². The Morgan fingerprint density at radius 3 is 2.52 bits per heavy atom. The summed E-state index contributed by atoms with van der Waals surface area (Å²) in [6.45, 7) is 2.18. The second kappa shape index (κ2) is 8.94. The normalized spacial score (nSPS) is 16.6. The second-order valence-corrected chi connectivity index (χ2v) is 6.29. The number of rotatable bonds is 6. The van der Waals surface area contributed by atoms with E-state index in [9.17, 15) is 19.4 Å². The first-order chi connectivity index (χ1) is 13.1. The zero-order valence-electron chi connectivity index (χ0n) is 14.8. The summed E-state index contributed by atoms with van der Waals surface area (Å²) in [7, 11) is 0. The summed E-state index contributed by atoms with van der Waals surface area (Å²) in [5.74, 6) is -1.50.